The number of anilines is 1. The first-order chi connectivity index (χ1) is 27.9. The van der Waals surface area contributed by atoms with Crippen LogP contribution in [0.3, 0.4) is 0 Å². The van der Waals surface area contributed by atoms with Crippen LogP contribution in [0, 0.1) is 29.5 Å². The maximum absolute atomic E-state index is 14.9. The van der Waals surface area contributed by atoms with Crippen molar-refractivity contribution in [1.29, 1.82) is 0 Å². The summed E-state index contributed by atoms with van der Waals surface area (Å²) in [6.07, 6.45) is 2.51. The summed E-state index contributed by atoms with van der Waals surface area (Å²) < 4.78 is 94.9. The number of piperidine rings is 1. The fourth-order valence-electron chi connectivity index (χ4n) is 10.5. The lowest BCUT2D eigenvalue weighted by atomic mass is 9.56. The van der Waals surface area contributed by atoms with Crippen molar-refractivity contribution in [2.45, 2.75) is 121 Å². The van der Waals surface area contributed by atoms with E-state index in [-0.39, 0.29) is 61.1 Å². The maximum Gasteiger partial charge on any atom is 0.434 e. The molecular formula is C42H47F6N7O4. The summed E-state index contributed by atoms with van der Waals surface area (Å²) >= 11 is 0. The number of halogens is 6. The highest BCUT2D eigenvalue weighted by Gasteiger charge is 2.57. The van der Waals surface area contributed by atoms with Crippen molar-refractivity contribution in [2.24, 2.45) is 23.7 Å². The smallest absolute Gasteiger partial charge is 0.434 e. The molecule has 3 aromatic heterocycles. The van der Waals surface area contributed by atoms with Gasteiger partial charge in [-0.2, -0.15) is 13.2 Å². The number of carboxylic acid groups (broad SMARTS) is 1. The van der Waals surface area contributed by atoms with Gasteiger partial charge in [0.1, 0.15) is 17.4 Å². The van der Waals surface area contributed by atoms with Crippen LogP contribution >= 0.6 is 0 Å². The topological polar surface area (TPSA) is 135 Å². The highest BCUT2D eigenvalue weighted by Crippen LogP contribution is 2.51. The molecule has 7 atom stereocenters. The number of rotatable bonds is 8. The van der Waals surface area contributed by atoms with Gasteiger partial charge < -0.3 is 24.6 Å². The molecule has 8 rings (SSSR count). The molecule has 4 aliphatic rings. The Morgan fingerprint density at radius 2 is 1.68 bits per heavy atom. The third-order valence-corrected chi connectivity index (χ3v) is 13.2. The number of benzene rings is 1. The first-order valence-corrected chi connectivity index (χ1v) is 20.4. The molecule has 0 spiro atoms. The zero-order valence-electron chi connectivity index (χ0n) is 33.0. The molecule has 3 saturated carbocycles. The Morgan fingerprint density at radius 3 is 2.36 bits per heavy atom. The number of fused-ring (bicyclic) bond motifs is 3. The van der Waals surface area contributed by atoms with E-state index in [1.54, 1.807) is 35.9 Å². The lowest BCUT2D eigenvalue weighted by Gasteiger charge is -2.52. The van der Waals surface area contributed by atoms with Gasteiger partial charge in [-0.05, 0) is 81.3 Å². The van der Waals surface area contributed by atoms with Crippen LogP contribution in [-0.4, -0.2) is 71.6 Å². The number of hydrogen-bond acceptors (Lipinski definition) is 8. The summed E-state index contributed by atoms with van der Waals surface area (Å²) in [5.41, 5.74) is -3.43. The van der Waals surface area contributed by atoms with Crippen molar-refractivity contribution in [3.8, 4) is 17.1 Å². The van der Waals surface area contributed by atoms with Crippen LogP contribution in [0.4, 0.5) is 32.3 Å². The minimum Gasteiger partial charge on any atom is -0.490 e. The average Bonchev–Trinajstić information content (AvgIpc) is 3.54. The van der Waals surface area contributed by atoms with E-state index in [9.17, 15) is 41.0 Å². The van der Waals surface area contributed by atoms with Gasteiger partial charge in [0.2, 0.25) is 11.9 Å². The third-order valence-electron chi connectivity index (χ3n) is 13.2. The van der Waals surface area contributed by atoms with Gasteiger partial charge >= 0.3 is 12.1 Å². The normalized spacial score (nSPS) is 28.7. The van der Waals surface area contributed by atoms with E-state index in [0.29, 0.717) is 61.2 Å². The molecule has 4 heterocycles. The Kier molecular flexibility index (Phi) is 10.5. The molecule has 0 radical (unpaired) electrons. The van der Waals surface area contributed by atoms with Crippen LogP contribution in [0.15, 0.2) is 43.0 Å². The van der Waals surface area contributed by atoms with Gasteiger partial charge in [-0.1, -0.05) is 13.8 Å². The lowest BCUT2D eigenvalue weighted by molar-refractivity contribution is -0.155. The average molecular weight is 828 g/mol. The quantitative estimate of drug-likeness (QED) is 0.167. The van der Waals surface area contributed by atoms with Crippen LogP contribution in [0.25, 0.3) is 22.3 Å². The van der Waals surface area contributed by atoms with Gasteiger partial charge in [0.05, 0.1) is 23.5 Å². The number of amides is 1. The minimum absolute atomic E-state index is 0.0450. The first-order valence-electron chi connectivity index (χ1n) is 20.4. The van der Waals surface area contributed by atoms with E-state index >= 15 is 0 Å². The van der Waals surface area contributed by atoms with E-state index in [2.05, 4.69) is 25.3 Å². The summed E-state index contributed by atoms with van der Waals surface area (Å²) in [5.74, 6) is -5.81. The Labute approximate surface area is 337 Å². The second-order valence-corrected chi connectivity index (χ2v) is 17.3. The number of ether oxygens (including phenoxy) is 1. The van der Waals surface area contributed by atoms with Crippen molar-refractivity contribution < 1.29 is 45.8 Å². The highest BCUT2D eigenvalue weighted by atomic mass is 19.4. The maximum atomic E-state index is 14.9. The van der Waals surface area contributed by atoms with E-state index in [4.69, 9.17) is 4.74 Å². The lowest BCUT2D eigenvalue weighted by Crippen LogP contribution is -2.66. The fraction of sp³-hybridized carbons (Fsp3) is 0.571. The Morgan fingerprint density at radius 1 is 0.949 bits per heavy atom. The van der Waals surface area contributed by atoms with Crippen molar-refractivity contribution in [1.82, 2.24) is 29.8 Å². The van der Waals surface area contributed by atoms with Crippen LogP contribution in [0.2, 0.25) is 0 Å². The number of alkyl halides is 5. The van der Waals surface area contributed by atoms with Gasteiger partial charge in [-0.15, -0.1) is 0 Å². The predicted molar refractivity (Wildman–Crippen MR) is 204 cm³/mol. The molecular weight excluding hydrogens is 780 g/mol. The number of aromatic nitrogens is 5. The number of nitrogens with one attached hydrogen (secondary N) is 1. The van der Waals surface area contributed by atoms with Crippen molar-refractivity contribution >= 4 is 28.7 Å². The van der Waals surface area contributed by atoms with Gasteiger partial charge in [-0.25, -0.2) is 37.9 Å². The van der Waals surface area contributed by atoms with Crippen LogP contribution < -0.4 is 15.0 Å². The van der Waals surface area contributed by atoms with E-state index < -0.39 is 64.5 Å². The Hall–Kier alpha value is -4.96. The Bertz CT molecular complexity index is 2220. The molecule has 3 aliphatic carbocycles. The summed E-state index contributed by atoms with van der Waals surface area (Å²) in [5, 5.41) is 13.6. The zero-order chi connectivity index (χ0) is 42.0. The Balaban J connectivity index is 1.11. The second kappa shape index (κ2) is 15.3. The summed E-state index contributed by atoms with van der Waals surface area (Å²) in [6, 6.07) is 4.65. The minimum atomic E-state index is -5.12. The van der Waals surface area contributed by atoms with Crippen molar-refractivity contribution in [2.75, 3.05) is 11.4 Å². The summed E-state index contributed by atoms with van der Waals surface area (Å²) in [4.78, 5) is 45.2. The van der Waals surface area contributed by atoms with E-state index in [1.165, 1.54) is 0 Å². The standard InChI is InChI=1S/C42H47F6N7O4/c1-22-12-25-14-23(2)41(38(57)58,26(13-22)16-25)53-37(56)32-20-49-36(52-35(32)42(46,47)48)33-21-55(28-6-9-40(44,45)10-7-28)34-17-29(4-5-31(33)34)59-30-8-11-54(24(3)15-30)39-50-18-27(43)19-51-39/h4-5,17-26,28,30H,6-16H2,1-3H3,(H,53,56)(H,57,58). The van der Waals surface area contributed by atoms with Crippen molar-refractivity contribution in [3.63, 3.8) is 0 Å². The monoisotopic (exact) mass is 827 g/mol. The summed E-state index contributed by atoms with van der Waals surface area (Å²) in [7, 11) is 0. The van der Waals surface area contributed by atoms with Gasteiger partial charge in [0.25, 0.3) is 5.91 Å². The number of carbonyl (C=O) groups excluding carboxylic acids is 1. The summed E-state index contributed by atoms with van der Waals surface area (Å²) in [6.45, 7) is 6.27. The fourth-order valence-corrected chi connectivity index (χ4v) is 10.5. The number of hydrogen-bond donors (Lipinski definition) is 2. The third kappa shape index (κ3) is 7.81. The predicted octanol–water partition coefficient (Wildman–Crippen LogP) is 8.88. The number of carboxylic acids is 1. The molecule has 1 amide bonds. The second-order valence-electron chi connectivity index (χ2n) is 17.3. The number of nitrogens with zero attached hydrogens (tertiary/aromatic N) is 6. The van der Waals surface area contributed by atoms with Crippen molar-refractivity contribution in [3.05, 3.63) is 60.1 Å². The van der Waals surface area contributed by atoms with Gasteiger partial charge in [0.15, 0.2) is 17.3 Å². The molecule has 4 fully saturated rings. The van der Waals surface area contributed by atoms with Crippen LogP contribution in [0.1, 0.15) is 107 Å². The molecule has 1 aromatic carbocycles. The first kappa shape index (κ1) is 40.8. The van der Waals surface area contributed by atoms with E-state index in [1.807, 2.05) is 18.7 Å². The molecule has 59 heavy (non-hydrogen) atoms. The highest BCUT2D eigenvalue weighted by molar-refractivity contribution is 6.00. The molecule has 1 saturated heterocycles. The number of carbonyl (C=O) groups is 2. The van der Waals surface area contributed by atoms with Gasteiger partial charge in [0, 0.05) is 73.7 Å². The van der Waals surface area contributed by atoms with Crippen LogP contribution in [-0.2, 0) is 11.0 Å². The van der Waals surface area contributed by atoms with E-state index in [0.717, 1.165) is 25.0 Å². The largest absolute Gasteiger partial charge is 0.490 e. The molecule has 17 heteroatoms. The molecule has 1 aliphatic heterocycles. The SMILES string of the molecule is CC1CC2CC(C)C(NC(=O)c3cnc(-c4cn(C5CCC(F)(F)CC5)c5cc(OC6CCN(c7ncc(F)cn7)C(C)C6)ccc45)nc3C(F)(F)F)(C(=O)O)C(C1)C2. The van der Waals surface area contributed by atoms with Crippen LogP contribution in [0.5, 0.6) is 5.75 Å². The molecule has 4 aromatic rings. The number of aliphatic carboxylic acids is 1. The molecule has 316 valence electrons. The molecule has 7 unspecified atom stereocenters. The molecule has 11 nitrogen and oxygen atoms in total. The zero-order valence-corrected chi connectivity index (χ0v) is 33.0. The van der Waals surface area contributed by atoms with Gasteiger partial charge in [-0.3, -0.25) is 4.79 Å². The molecule has 2 bridgehead atoms. The molecule has 2 N–H and O–H groups in total.